The second-order valence-electron chi connectivity index (χ2n) is 11.6. The number of halogens is 2. The lowest BCUT2D eigenvalue weighted by Crippen LogP contribution is -2.34. The van der Waals surface area contributed by atoms with Gasteiger partial charge in [-0.2, -0.15) is 0 Å². The van der Waals surface area contributed by atoms with E-state index in [1.165, 1.54) is 25.7 Å². The first-order chi connectivity index (χ1) is 22.3. The van der Waals surface area contributed by atoms with Crippen LogP contribution in [-0.2, 0) is 13.1 Å². The van der Waals surface area contributed by atoms with E-state index < -0.39 is 10.1 Å². The van der Waals surface area contributed by atoms with E-state index in [2.05, 4.69) is 20.2 Å². The Morgan fingerprint density at radius 3 is 1.26 bits per heavy atom. The van der Waals surface area contributed by atoms with Gasteiger partial charge < -0.3 is 19.6 Å². The quantitative estimate of drug-likeness (QED) is 0.0783. The first kappa shape index (κ1) is 35.1. The molecule has 16 heteroatoms. The van der Waals surface area contributed by atoms with E-state index in [-0.39, 0.29) is 0 Å². The van der Waals surface area contributed by atoms with Gasteiger partial charge in [0.2, 0.25) is 0 Å². The molecular formula is C30H42Cl2N10O4. The van der Waals surface area contributed by atoms with Crippen molar-refractivity contribution in [3.63, 3.8) is 0 Å². The summed E-state index contributed by atoms with van der Waals surface area (Å²) in [6, 6.07) is 7.18. The summed E-state index contributed by atoms with van der Waals surface area (Å²) in [7, 11) is 0. The monoisotopic (exact) mass is 676 g/mol. The average molecular weight is 678 g/mol. The zero-order chi connectivity index (χ0) is 32.7. The van der Waals surface area contributed by atoms with Gasteiger partial charge in [-0.25, -0.2) is 30.2 Å². The van der Waals surface area contributed by atoms with E-state index in [9.17, 15) is 20.2 Å². The lowest BCUT2D eigenvalue weighted by atomic mass is 10.1. The maximum atomic E-state index is 11.2. The molecule has 14 nitrogen and oxygen atoms in total. The Kier molecular flexibility index (Phi) is 14.0. The molecule has 0 atom stereocenters. The van der Waals surface area contributed by atoms with Crippen LogP contribution in [0.3, 0.4) is 0 Å². The van der Waals surface area contributed by atoms with E-state index in [1.807, 2.05) is 31.7 Å². The summed E-state index contributed by atoms with van der Waals surface area (Å²) >= 11 is 11.7. The van der Waals surface area contributed by atoms with Gasteiger partial charge in [-0.05, 0) is 36.1 Å². The third kappa shape index (κ3) is 11.5. The standard InChI is InChI=1S/C30H42Cl2N10O4/c31-27-13-11-25(21-33-27)23-39-19-17-37(29(39)35-41(43)44)15-9-7-5-3-1-2-4-6-8-10-16-38-18-20-40(30(38)36-42(45)46)24-26-12-14-28(32)34-22-26/h11-14,21-22H,1-10,15-20,23-24H2/b35-29+,36-30+. The molecule has 2 aromatic rings. The van der Waals surface area contributed by atoms with Crippen molar-refractivity contribution in [2.45, 2.75) is 77.3 Å². The van der Waals surface area contributed by atoms with Gasteiger partial charge in [-0.1, -0.05) is 86.7 Å². The van der Waals surface area contributed by atoms with Gasteiger partial charge in [0.15, 0.2) is 10.1 Å². The fraction of sp³-hybridized carbons (Fsp3) is 0.600. The minimum absolute atomic E-state index is 0.416. The van der Waals surface area contributed by atoms with Gasteiger partial charge in [0.05, 0.1) is 0 Å². The van der Waals surface area contributed by atoms with Gasteiger partial charge in [-0.3, -0.25) is 0 Å². The van der Waals surface area contributed by atoms with E-state index >= 15 is 0 Å². The third-order valence-corrected chi connectivity index (χ3v) is 8.63. The Labute approximate surface area is 279 Å². The van der Waals surface area contributed by atoms with Crippen LogP contribution in [0.15, 0.2) is 46.9 Å². The first-order valence-corrected chi connectivity index (χ1v) is 16.7. The fourth-order valence-electron chi connectivity index (χ4n) is 5.87. The smallest absolute Gasteiger partial charge is 0.274 e. The Morgan fingerprint density at radius 1 is 0.587 bits per heavy atom. The molecule has 0 radical (unpaired) electrons. The molecule has 2 aliphatic heterocycles. The average Bonchev–Trinajstić information content (AvgIpc) is 3.57. The molecule has 0 N–H and O–H groups in total. The van der Waals surface area contributed by atoms with Crippen LogP contribution >= 0.6 is 23.2 Å². The van der Waals surface area contributed by atoms with Crippen LogP contribution in [0.25, 0.3) is 0 Å². The molecule has 0 unspecified atom stereocenters. The Hall–Kier alpha value is -3.78. The summed E-state index contributed by atoms with van der Waals surface area (Å²) in [6.07, 6.45) is 14.5. The molecule has 0 saturated carbocycles. The molecule has 0 spiro atoms. The predicted octanol–water partition coefficient (Wildman–Crippen LogP) is 5.72. The number of rotatable bonds is 19. The zero-order valence-corrected chi connectivity index (χ0v) is 27.6. The minimum Gasteiger partial charge on any atom is -0.336 e. The summed E-state index contributed by atoms with van der Waals surface area (Å²) in [5, 5.41) is 29.3. The summed E-state index contributed by atoms with van der Waals surface area (Å²) in [4.78, 5) is 38.4. The SMILES string of the molecule is O=[N+]([O-])/N=C1\N(CCCCCCCCCCCCN2CCN(Cc3ccc(Cl)nc3)/C2=N/[N+](=O)[O-])CCN1Cc1ccc(Cl)nc1. The number of pyridine rings is 2. The highest BCUT2D eigenvalue weighted by atomic mass is 35.5. The fourth-order valence-corrected chi connectivity index (χ4v) is 6.09. The van der Waals surface area contributed by atoms with Crippen molar-refractivity contribution >= 4 is 35.1 Å². The lowest BCUT2D eigenvalue weighted by molar-refractivity contribution is -0.486. The summed E-state index contributed by atoms with van der Waals surface area (Å²) in [6.45, 7) is 5.31. The lowest BCUT2D eigenvalue weighted by Gasteiger charge is -2.20. The van der Waals surface area contributed by atoms with Crippen LogP contribution in [0, 0.1) is 20.2 Å². The Balaban J connectivity index is 1.04. The van der Waals surface area contributed by atoms with E-state index in [1.54, 1.807) is 24.5 Å². The van der Waals surface area contributed by atoms with Gasteiger partial charge in [0, 0.05) is 64.8 Å². The Bertz CT molecular complexity index is 1230. The van der Waals surface area contributed by atoms with Gasteiger partial charge in [0.25, 0.3) is 11.9 Å². The van der Waals surface area contributed by atoms with Crippen molar-refractivity contribution in [2.75, 3.05) is 39.3 Å². The summed E-state index contributed by atoms with van der Waals surface area (Å²) < 4.78 is 0. The summed E-state index contributed by atoms with van der Waals surface area (Å²) in [5.74, 6) is 0.831. The number of unbranched alkanes of at least 4 members (excludes halogenated alkanes) is 9. The molecule has 0 aliphatic carbocycles. The maximum Gasteiger partial charge on any atom is 0.274 e. The number of hydrogen-bond acceptors (Lipinski definition) is 6. The largest absolute Gasteiger partial charge is 0.336 e. The number of hydrogen-bond donors (Lipinski definition) is 0. The normalized spacial score (nSPS) is 16.7. The molecule has 0 bridgehead atoms. The van der Waals surface area contributed by atoms with Crippen LogP contribution < -0.4 is 0 Å². The van der Waals surface area contributed by atoms with Crippen molar-refractivity contribution < 1.29 is 10.1 Å². The van der Waals surface area contributed by atoms with E-state index in [4.69, 9.17) is 23.2 Å². The summed E-state index contributed by atoms with van der Waals surface area (Å²) in [5.41, 5.74) is 1.86. The second kappa shape index (κ2) is 18.4. The third-order valence-electron chi connectivity index (χ3n) is 8.18. The first-order valence-electron chi connectivity index (χ1n) is 15.9. The molecule has 2 aromatic heterocycles. The number of nitrogens with zero attached hydrogens (tertiary/aromatic N) is 10. The van der Waals surface area contributed by atoms with Crippen molar-refractivity contribution in [1.29, 1.82) is 0 Å². The van der Waals surface area contributed by atoms with Crippen LogP contribution in [0.4, 0.5) is 0 Å². The highest BCUT2D eigenvalue weighted by Gasteiger charge is 2.30. The van der Waals surface area contributed by atoms with Crippen molar-refractivity contribution in [1.82, 2.24) is 29.6 Å². The van der Waals surface area contributed by atoms with Crippen LogP contribution in [0.5, 0.6) is 0 Å². The molecule has 46 heavy (non-hydrogen) atoms. The molecule has 0 amide bonds. The van der Waals surface area contributed by atoms with E-state index in [0.717, 1.165) is 62.7 Å². The molecule has 2 fully saturated rings. The number of hydrazone groups is 2. The molecule has 0 aromatic carbocycles. The molecule has 2 saturated heterocycles. The maximum absolute atomic E-state index is 11.2. The highest BCUT2D eigenvalue weighted by molar-refractivity contribution is 6.29. The van der Waals surface area contributed by atoms with Crippen LogP contribution in [0.1, 0.15) is 75.3 Å². The van der Waals surface area contributed by atoms with Crippen molar-refractivity contribution in [3.8, 4) is 0 Å². The van der Waals surface area contributed by atoms with Crippen LogP contribution in [0.2, 0.25) is 10.3 Å². The van der Waals surface area contributed by atoms with E-state index in [0.29, 0.717) is 61.5 Å². The van der Waals surface area contributed by atoms with Crippen molar-refractivity contribution in [3.05, 3.63) is 78.3 Å². The molecule has 2 aliphatic rings. The van der Waals surface area contributed by atoms with Gasteiger partial charge in [-0.15, -0.1) is 0 Å². The second-order valence-corrected chi connectivity index (χ2v) is 12.4. The molecular weight excluding hydrogens is 635 g/mol. The predicted molar refractivity (Wildman–Crippen MR) is 177 cm³/mol. The van der Waals surface area contributed by atoms with Crippen molar-refractivity contribution in [2.24, 2.45) is 10.2 Å². The van der Waals surface area contributed by atoms with Gasteiger partial charge in [0.1, 0.15) is 20.5 Å². The number of aromatic nitrogens is 2. The number of nitro groups is 2. The Morgan fingerprint density at radius 2 is 0.935 bits per heavy atom. The highest BCUT2D eigenvalue weighted by Crippen LogP contribution is 2.19. The molecule has 250 valence electrons. The minimum atomic E-state index is -0.620. The van der Waals surface area contributed by atoms with Gasteiger partial charge >= 0.3 is 0 Å². The van der Waals surface area contributed by atoms with Crippen LogP contribution in [-0.4, -0.2) is 90.8 Å². The number of guanidine groups is 2. The molecule has 4 rings (SSSR count). The molecule has 4 heterocycles. The zero-order valence-electron chi connectivity index (χ0n) is 26.1. The topological polar surface area (TPSA) is 150 Å².